The van der Waals surface area contributed by atoms with E-state index in [1.54, 1.807) is 11.8 Å². The number of nitrogens with zero attached hydrogens (tertiary/aromatic N) is 2. The molecule has 2 rings (SSSR count). The van der Waals surface area contributed by atoms with Crippen LogP contribution >= 0.6 is 23.4 Å². The molecule has 0 aliphatic heterocycles. The lowest BCUT2D eigenvalue weighted by Gasteiger charge is -2.12. The molecule has 1 aromatic carbocycles. The number of hydrogen-bond donors (Lipinski definition) is 1. The first-order chi connectivity index (χ1) is 8.45. The summed E-state index contributed by atoms with van der Waals surface area (Å²) < 4.78 is 0. The molecule has 18 heavy (non-hydrogen) atoms. The molecular weight excluding hydrogens is 266 g/mol. The second-order valence-corrected chi connectivity index (χ2v) is 6.51. The average Bonchev–Trinajstić information content (AvgIpc) is 2.74. The molecule has 0 radical (unpaired) electrons. The maximum absolute atomic E-state index is 5.94. The molecule has 2 aromatic rings. The molecule has 1 N–H and O–H groups in total. The Kier molecular flexibility index (Phi) is 3.97. The van der Waals surface area contributed by atoms with Crippen molar-refractivity contribution in [1.82, 2.24) is 15.2 Å². The summed E-state index contributed by atoms with van der Waals surface area (Å²) in [6, 6.07) is 7.85. The molecule has 0 aliphatic rings. The fourth-order valence-electron chi connectivity index (χ4n) is 1.42. The first kappa shape index (κ1) is 13.4. The van der Waals surface area contributed by atoms with Gasteiger partial charge < -0.3 is 0 Å². The van der Waals surface area contributed by atoms with Gasteiger partial charge in [0, 0.05) is 16.2 Å². The van der Waals surface area contributed by atoms with Crippen molar-refractivity contribution in [2.24, 2.45) is 0 Å². The largest absolute Gasteiger partial charge is 0.262 e. The van der Waals surface area contributed by atoms with E-state index in [0.717, 1.165) is 21.8 Å². The van der Waals surface area contributed by atoms with Crippen molar-refractivity contribution in [3.63, 3.8) is 0 Å². The lowest BCUT2D eigenvalue weighted by molar-refractivity contribution is 0.547. The number of H-pyrrole nitrogens is 1. The van der Waals surface area contributed by atoms with Gasteiger partial charge in [0.05, 0.1) is 0 Å². The van der Waals surface area contributed by atoms with Crippen molar-refractivity contribution in [3.05, 3.63) is 40.7 Å². The van der Waals surface area contributed by atoms with Gasteiger partial charge in [0.1, 0.15) is 5.82 Å². The van der Waals surface area contributed by atoms with Crippen LogP contribution in [0, 0.1) is 0 Å². The third-order valence-corrected chi connectivity index (χ3v) is 3.59. The van der Waals surface area contributed by atoms with Crippen molar-refractivity contribution >= 4 is 23.4 Å². The Labute approximate surface area is 116 Å². The molecular formula is C13H16ClN3S. The topological polar surface area (TPSA) is 41.6 Å². The van der Waals surface area contributed by atoms with Gasteiger partial charge in [0.2, 0.25) is 5.16 Å². The van der Waals surface area contributed by atoms with E-state index in [2.05, 4.69) is 42.0 Å². The number of halogens is 1. The quantitative estimate of drug-likeness (QED) is 0.863. The maximum Gasteiger partial charge on any atom is 0.208 e. The zero-order chi connectivity index (χ0) is 13.2. The van der Waals surface area contributed by atoms with Crippen molar-refractivity contribution in [3.8, 4) is 0 Å². The van der Waals surface area contributed by atoms with E-state index < -0.39 is 0 Å². The number of nitrogens with one attached hydrogen (secondary N) is 1. The van der Waals surface area contributed by atoms with E-state index in [0.29, 0.717) is 0 Å². The van der Waals surface area contributed by atoms with Gasteiger partial charge in [-0.05, 0) is 17.7 Å². The Hall–Kier alpha value is -1.00. The molecule has 0 bridgehead atoms. The summed E-state index contributed by atoms with van der Waals surface area (Å²) in [6.45, 7) is 6.33. The third kappa shape index (κ3) is 3.50. The van der Waals surface area contributed by atoms with Gasteiger partial charge in [-0.2, -0.15) is 0 Å². The first-order valence-corrected chi connectivity index (χ1v) is 7.11. The fourth-order valence-corrected chi connectivity index (χ4v) is 2.38. The second-order valence-electron chi connectivity index (χ2n) is 5.14. The number of rotatable bonds is 3. The third-order valence-electron chi connectivity index (χ3n) is 2.43. The monoisotopic (exact) mass is 281 g/mol. The number of benzene rings is 1. The number of aromatic nitrogens is 3. The van der Waals surface area contributed by atoms with Crippen molar-refractivity contribution < 1.29 is 0 Å². The van der Waals surface area contributed by atoms with E-state index >= 15 is 0 Å². The van der Waals surface area contributed by atoms with E-state index in [1.807, 2.05) is 18.2 Å². The van der Waals surface area contributed by atoms with Crippen LogP contribution in [0.15, 0.2) is 29.4 Å². The minimum absolute atomic E-state index is 0.00185. The minimum Gasteiger partial charge on any atom is -0.262 e. The highest BCUT2D eigenvalue weighted by atomic mass is 35.5. The van der Waals surface area contributed by atoms with Crippen LogP contribution < -0.4 is 0 Å². The first-order valence-electron chi connectivity index (χ1n) is 5.75. The summed E-state index contributed by atoms with van der Waals surface area (Å²) >= 11 is 7.55. The molecule has 0 amide bonds. The van der Waals surface area contributed by atoms with Gasteiger partial charge in [-0.3, -0.25) is 5.10 Å². The Morgan fingerprint density at radius 1 is 1.33 bits per heavy atom. The molecule has 1 heterocycles. The highest BCUT2D eigenvalue weighted by Gasteiger charge is 2.18. The van der Waals surface area contributed by atoms with Gasteiger partial charge in [-0.25, -0.2) is 4.98 Å². The SMILES string of the molecule is CC(C)(C)c1nc(SCc2cccc(Cl)c2)n[nH]1. The van der Waals surface area contributed by atoms with E-state index in [4.69, 9.17) is 11.6 Å². The van der Waals surface area contributed by atoms with Gasteiger partial charge in [0.15, 0.2) is 0 Å². The number of thioether (sulfide) groups is 1. The zero-order valence-corrected chi connectivity index (χ0v) is 12.3. The van der Waals surface area contributed by atoms with Crippen LogP contribution in [-0.4, -0.2) is 15.2 Å². The molecule has 0 fully saturated rings. The van der Waals surface area contributed by atoms with Gasteiger partial charge in [-0.1, -0.05) is 56.3 Å². The summed E-state index contributed by atoms with van der Waals surface area (Å²) in [7, 11) is 0. The van der Waals surface area contributed by atoms with E-state index in [1.165, 1.54) is 5.56 Å². The van der Waals surface area contributed by atoms with Crippen molar-refractivity contribution in [2.75, 3.05) is 0 Å². The van der Waals surface area contributed by atoms with Crippen LogP contribution in [-0.2, 0) is 11.2 Å². The zero-order valence-electron chi connectivity index (χ0n) is 10.7. The fraction of sp³-hybridized carbons (Fsp3) is 0.385. The molecule has 3 nitrogen and oxygen atoms in total. The Bertz CT molecular complexity index is 531. The van der Waals surface area contributed by atoms with Crippen LogP contribution in [0.2, 0.25) is 5.02 Å². The molecule has 96 valence electrons. The van der Waals surface area contributed by atoms with Crippen molar-refractivity contribution in [2.45, 2.75) is 37.1 Å². The van der Waals surface area contributed by atoms with E-state index in [-0.39, 0.29) is 5.41 Å². The Morgan fingerprint density at radius 3 is 2.72 bits per heavy atom. The number of aromatic amines is 1. The molecule has 5 heteroatoms. The average molecular weight is 282 g/mol. The standard InChI is InChI=1S/C13H16ClN3S/c1-13(2,3)11-15-12(17-16-11)18-8-9-5-4-6-10(14)7-9/h4-7H,8H2,1-3H3,(H,15,16,17). The lowest BCUT2D eigenvalue weighted by atomic mass is 9.96. The normalized spacial score (nSPS) is 11.8. The van der Waals surface area contributed by atoms with Crippen LogP contribution in [0.1, 0.15) is 32.2 Å². The molecule has 0 saturated heterocycles. The Morgan fingerprint density at radius 2 is 2.11 bits per heavy atom. The maximum atomic E-state index is 5.94. The van der Waals surface area contributed by atoms with Gasteiger partial charge in [-0.15, -0.1) is 5.10 Å². The van der Waals surface area contributed by atoms with Crippen LogP contribution in [0.4, 0.5) is 0 Å². The molecule has 0 atom stereocenters. The van der Waals surface area contributed by atoms with Crippen molar-refractivity contribution in [1.29, 1.82) is 0 Å². The molecule has 1 aromatic heterocycles. The second kappa shape index (κ2) is 5.33. The smallest absolute Gasteiger partial charge is 0.208 e. The highest BCUT2D eigenvalue weighted by Crippen LogP contribution is 2.24. The molecule has 0 saturated carbocycles. The lowest BCUT2D eigenvalue weighted by Crippen LogP contribution is -2.13. The molecule has 0 spiro atoms. The van der Waals surface area contributed by atoms with Crippen LogP contribution in [0.5, 0.6) is 0 Å². The Balaban J connectivity index is 2.01. The van der Waals surface area contributed by atoms with Crippen LogP contribution in [0.3, 0.4) is 0 Å². The highest BCUT2D eigenvalue weighted by molar-refractivity contribution is 7.98. The number of hydrogen-bond acceptors (Lipinski definition) is 3. The van der Waals surface area contributed by atoms with E-state index in [9.17, 15) is 0 Å². The van der Waals surface area contributed by atoms with Crippen LogP contribution in [0.25, 0.3) is 0 Å². The molecule has 0 unspecified atom stereocenters. The summed E-state index contributed by atoms with van der Waals surface area (Å²) in [4.78, 5) is 4.48. The van der Waals surface area contributed by atoms with Gasteiger partial charge >= 0.3 is 0 Å². The summed E-state index contributed by atoms with van der Waals surface area (Å²) in [5.41, 5.74) is 1.18. The predicted octanol–water partition coefficient (Wildman–Crippen LogP) is 4.05. The minimum atomic E-state index is 0.00185. The summed E-state index contributed by atoms with van der Waals surface area (Å²) in [5.74, 6) is 1.73. The summed E-state index contributed by atoms with van der Waals surface area (Å²) in [5, 5.41) is 8.74. The summed E-state index contributed by atoms with van der Waals surface area (Å²) in [6.07, 6.45) is 0. The van der Waals surface area contributed by atoms with Gasteiger partial charge in [0.25, 0.3) is 0 Å². The predicted molar refractivity (Wildman–Crippen MR) is 76.1 cm³/mol. The molecule has 0 aliphatic carbocycles.